The maximum Gasteiger partial charge on any atom is 0.223 e. The predicted molar refractivity (Wildman–Crippen MR) is 82.6 cm³/mol. The van der Waals surface area contributed by atoms with E-state index >= 15 is 0 Å². The highest BCUT2D eigenvalue weighted by Gasteiger charge is 2.09. The van der Waals surface area contributed by atoms with Gasteiger partial charge in [-0.2, -0.15) is 0 Å². The lowest BCUT2D eigenvalue weighted by atomic mass is 10.1. The summed E-state index contributed by atoms with van der Waals surface area (Å²) in [5.74, 6) is 0.304. The third-order valence-corrected chi connectivity index (χ3v) is 3.14. The monoisotopic (exact) mass is 282 g/mol. The van der Waals surface area contributed by atoms with Crippen LogP contribution in [0.4, 0.5) is 15.8 Å². The molecule has 0 bridgehead atoms. The number of nitrogens with one attached hydrogen (secondary N) is 1. The molecule has 21 heavy (non-hydrogen) atoms. The SMILES string of the molecule is CCOc1nccc2cccc(Nc3cccc(F)c3)c12. The van der Waals surface area contributed by atoms with Crippen molar-refractivity contribution in [3.63, 3.8) is 0 Å². The number of benzene rings is 2. The minimum Gasteiger partial charge on any atom is -0.477 e. The van der Waals surface area contributed by atoms with E-state index in [1.165, 1.54) is 12.1 Å². The third-order valence-electron chi connectivity index (χ3n) is 3.14. The Labute approximate surface area is 122 Å². The molecule has 0 spiro atoms. The van der Waals surface area contributed by atoms with Crippen LogP contribution in [0.1, 0.15) is 6.92 Å². The van der Waals surface area contributed by atoms with Gasteiger partial charge in [0.2, 0.25) is 5.88 Å². The van der Waals surface area contributed by atoms with Crippen LogP contribution in [-0.2, 0) is 0 Å². The van der Waals surface area contributed by atoms with Crippen molar-refractivity contribution in [3.05, 3.63) is 60.5 Å². The van der Waals surface area contributed by atoms with Crippen LogP contribution in [0.25, 0.3) is 10.8 Å². The van der Waals surface area contributed by atoms with Crippen LogP contribution < -0.4 is 10.1 Å². The number of aromatic nitrogens is 1. The smallest absolute Gasteiger partial charge is 0.223 e. The van der Waals surface area contributed by atoms with Gasteiger partial charge in [0.25, 0.3) is 0 Å². The van der Waals surface area contributed by atoms with Crippen molar-refractivity contribution in [2.24, 2.45) is 0 Å². The van der Waals surface area contributed by atoms with Gasteiger partial charge in [0.1, 0.15) is 5.82 Å². The van der Waals surface area contributed by atoms with Gasteiger partial charge in [-0.05, 0) is 42.6 Å². The Morgan fingerprint density at radius 2 is 2.00 bits per heavy atom. The standard InChI is InChI=1S/C17H15FN2O/c1-2-21-17-16-12(9-10-19-17)5-3-8-15(16)20-14-7-4-6-13(18)11-14/h3-11,20H,2H2,1H3. The number of rotatable bonds is 4. The highest BCUT2D eigenvalue weighted by Crippen LogP contribution is 2.32. The molecular weight excluding hydrogens is 267 g/mol. The number of halogens is 1. The molecule has 0 aliphatic carbocycles. The van der Waals surface area contributed by atoms with Crippen LogP contribution in [0, 0.1) is 5.82 Å². The second-order valence-electron chi connectivity index (χ2n) is 4.59. The Balaban J connectivity index is 2.09. The Morgan fingerprint density at radius 1 is 1.14 bits per heavy atom. The number of hydrogen-bond donors (Lipinski definition) is 1. The third kappa shape index (κ3) is 2.79. The molecule has 0 fully saturated rings. The number of hydrogen-bond acceptors (Lipinski definition) is 3. The van der Waals surface area contributed by atoms with Crippen LogP contribution >= 0.6 is 0 Å². The topological polar surface area (TPSA) is 34.1 Å². The Kier molecular flexibility index (Phi) is 3.69. The summed E-state index contributed by atoms with van der Waals surface area (Å²) in [6.07, 6.45) is 1.72. The maximum atomic E-state index is 13.3. The first-order valence-electron chi connectivity index (χ1n) is 6.81. The van der Waals surface area contributed by atoms with E-state index in [1.807, 2.05) is 37.3 Å². The summed E-state index contributed by atoms with van der Waals surface area (Å²) in [5.41, 5.74) is 1.53. The van der Waals surface area contributed by atoms with Crippen LogP contribution in [0.5, 0.6) is 5.88 Å². The molecule has 0 saturated carbocycles. The first-order chi connectivity index (χ1) is 10.3. The molecule has 0 unspecified atom stereocenters. The highest BCUT2D eigenvalue weighted by molar-refractivity contribution is 5.98. The first-order valence-corrected chi connectivity index (χ1v) is 6.81. The highest BCUT2D eigenvalue weighted by atomic mass is 19.1. The van der Waals surface area contributed by atoms with E-state index in [9.17, 15) is 4.39 Å². The molecule has 3 rings (SSSR count). The number of ether oxygens (including phenoxy) is 1. The Hall–Kier alpha value is -2.62. The second-order valence-corrected chi connectivity index (χ2v) is 4.59. The molecule has 4 heteroatoms. The maximum absolute atomic E-state index is 13.3. The van der Waals surface area contributed by atoms with Crippen LogP contribution in [-0.4, -0.2) is 11.6 Å². The molecular formula is C17H15FN2O. The second kappa shape index (κ2) is 5.79. The summed E-state index contributed by atoms with van der Waals surface area (Å²) in [7, 11) is 0. The molecule has 1 N–H and O–H groups in total. The van der Waals surface area contributed by atoms with Crippen molar-refractivity contribution in [2.75, 3.05) is 11.9 Å². The van der Waals surface area contributed by atoms with Crippen LogP contribution in [0.3, 0.4) is 0 Å². The van der Waals surface area contributed by atoms with Crippen molar-refractivity contribution < 1.29 is 9.13 Å². The largest absolute Gasteiger partial charge is 0.477 e. The number of pyridine rings is 1. The van der Waals surface area contributed by atoms with Gasteiger partial charge in [0.05, 0.1) is 17.7 Å². The van der Waals surface area contributed by atoms with Gasteiger partial charge in [-0.15, -0.1) is 0 Å². The first kappa shape index (κ1) is 13.4. The molecule has 2 aromatic carbocycles. The molecule has 3 aromatic rings. The van der Waals surface area contributed by atoms with Gasteiger partial charge in [-0.3, -0.25) is 0 Å². The summed E-state index contributed by atoms with van der Waals surface area (Å²) in [6.45, 7) is 2.46. The number of fused-ring (bicyclic) bond motifs is 1. The van der Waals surface area contributed by atoms with Crippen molar-refractivity contribution in [1.82, 2.24) is 4.98 Å². The minimum atomic E-state index is -0.275. The lowest BCUT2D eigenvalue weighted by Gasteiger charge is -2.12. The van der Waals surface area contributed by atoms with E-state index in [0.29, 0.717) is 18.2 Å². The number of anilines is 2. The van der Waals surface area contributed by atoms with E-state index in [4.69, 9.17) is 4.74 Å². The van der Waals surface area contributed by atoms with E-state index in [-0.39, 0.29) is 5.82 Å². The fourth-order valence-electron chi connectivity index (χ4n) is 2.27. The Bertz CT molecular complexity index is 768. The van der Waals surface area contributed by atoms with E-state index in [2.05, 4.69) is 10.3 Å². The molecule has 106 valence electrons. The molecule has 0 amide bonds. The molecule has 1 aromatic heterocycles. The summed E-state index contributed by atoms with van der Waals surface area (Å²) in [4.78, 5) is 4.28. The zero-order chi connectivity index (χ0) is 14.7. The van der Waals surface area contributed by atoms with Gasteiger partial charge in [0.15, 0.2) is 0 Å². The van der Waals surface area contributed by atoms with Crippen LogP contribution in [0.15, 0.2) is 54.7 Å². The summed E-state index contributed by atoms with van der Waals surface area (Å²) in [5, 5.41) is 5.14. The van der Waals surface area contributed by atoms with Crippen LogP contribution in [0.2, 0.25) is 0 Å². The Morgan fingerprint density at radius 3 is 2.81 bits per heavy atom. The van der Waals surface area contributed by atoms with Gasteiger partial charge in [-0.25, -0.2) is 9.37 Å². The zero-order valence-electron chi connectivity index (χ0n) is 11.6. The van der Waals surface area contributed by atoms with Gasteiger partial charge < -0.3 is 10.1 Å². The number of nitrogens with zero attached hydrogens (tertiary/aromatic N) is 1. The van der Waals surface area contributed by atoms with Crippen molar-refractivity contribution in [3.8, 4) is 5.88 Å². The summed E-state index contributed by atoms with van der Waals surface area (Å²) < 4.78 is 18.9. The predicted octanol–water partition coefficient (Wildman–Crippen LogP) is 4.52. The van der Waals surface area contributed by atoms with E-state index in [1.54, 1.807) is 12.3 Å². The fraction of sp³-hybridized carbons (Fsp3) is 0.118. The molecule has 0 saturated heterocycles. The minimum absolute atomic E-state index is 0.275. The summed E-state index contributed by atoms with van der Waals surface area (Å²) >= 11 is 0. The average molecular weight is 282 g/mol. The average Bonchev–Trinajstić information content (AvgIpc) is 2.48. The lowest BCUT2D eigenvalue weighted by molar-refractivity contribution is 0.331. The van der Waals surface area contributed by atoms with Crippen molar-refractivity contribution in [1.29, 1.82) is 0 Å². The van der Waals surface area contributed by atoms with E-state index < -0.39 is 0 Å². The molecule has 0 aliphatic heterocycles. The van der Waals surface area contributed by atoms with Gasteiger partial charge in [0, 0.05) is 11.9 Å². The van der Waals surface area contributed by atoms with Gasteiger partial charge in [-0.1, -0.05) is 18.2 Å². The van der Waals surface area contributed by atoms with Crippen molar-refractivity contribution in [2.45, 2.75) is 6.92 Å². The normalized spacial score (nSPS) is 10.6. The summed E-state index contributed by atoms with van der Waals surface area (Å²) in [6, 6.07) is 14.2. The molecule has 0 radical (unpaired) electrons. The van der Waals surface area contributed by atoms with Gasteiger partial charge >= 0.3 is 0 Å². The lowest BCUT2D eigenvalue weighted by Crippen LogP contribution is -1.98. The molecule has 3 nitrogen and oxygen atoms in total. The van der Waals surface area contributed by atoms with E-state index in [0.717, 1.165) is 16.5 Å². The molecule has 0 atom stereocenters. The molecule has 0 aliphatic rings. The molecule has 1 heterocycles. The quantitative estimate of drug-likeness (QED) is 0.764. The van der Waals surface area contributed by atoms with Crippen molar-refractivity contribution >= 4 is 22.1 Å². The zero-order valence-corrected chi connectivity index (χ0v) is 11.6. The fourth-order valence-corrected chi connectivity index (χ4v) is 2.27.